The third-order valence-corrected chi connectivity index (χ3v) is 4.63. The lowest BCUT2D eigenvalue weighted by Crippen LogP contribution is -2.52. The van der Waals surface area contributed by atoms with Gasteiger partial charge in [0.05, 0.1) is 0 Å². The molecule has 1 heterocycles. The predicted octanol–water partition coefficient (Wildman–Crippen LogP) is 2.28. The van der Waals surface area contributed by atoms with Gasteiger partial charge in [0.25, 0.3) is 0 Å². The van der Waals surface area contributed by atoms with Crippen LogP contribution in [0.4, 0.5) is 4.79 Å². The number of carbonyl (C=O) groups is 2. The van der Waals surface area contributed by atoms with E-state index in [-0.39, 0.29) is 11.9 Å². The summed E-state index contributed by atoms with van der Waals surface area (Å²) in [4.78, 5) is 27.0. The van der Waals surface area contributed by atoms with Gasteiger partial charge in [-0.3, -0.25) is 4.79 Å². The SMILES string of the molecule is CN1CCC(NC(=O)[C@H](CCC2CC2)NC(=O)OC(C)(C)C)CC1. The number of hydrogen-bond donors (Lipinski definition) is 2. The summed E-state index contributed by atoms with van der Waals surface area (Å²) in [6, 6.07) is -0.294. The van der Waals surface area contributed by atoms with E-state index < -0.39 is 17.7 Å². The lowest BCUT2D eigenvalue weighted by Gasteiger charge is -2.31. The van der Waals surface area contributed by atoms with E-state index >= 15 is 0 Å². The number of nitrogens with zero attached hydrogens (tertiary/aromatic N) is 1. The number of carbonyl (C=O) groups excluding carboxylic acids is 2. The van der Waals surface area contributed by atoms with E-state index in [4.69, 9.17) is 4.74 Å². The van der Waals surface area contributed by atoms with Crippen molar-refractivity contribution in [3.63, 3.8) is 0 Å². The van der Waals surface area contributed by atoms with Gasteiger partial charge in [-0.05, 0) is 72.5 Å². The van der Waals surface area contributed by atoms with Crippen molar-refractivity contribution in [1.82, 2.24) is 15.5 Å². The molecule has 2 amide bonds. The number of rotatable bonds is 6. The fraction of sp³-hybridized carbons (Fsp3) is 0.889. The van der Waals surface area contributed by atoms with Crippen molar-refractivity contribution >= 4 is 12.0 Å². The molecule has 0 spiro atoms. The van der Waals surface area contributed by atoms with E-state index in [9.17, 15) is 9.59 Å². The van der Waals surface area contributed by atoms with Crippen molar-refractivity contribution in [3.05, 3.63) is 0 Å². The number of hydrogen-bond acceptors (Lipinski definition) is 4. The molecule has 0 aromatic rings. The molecule has 2 rings (SSSR count). The maximum atomic E-state index is 12.6. The van der Waals surface area contributed by atoms with Crippen LogP contribution < -0.4 is 10.6 Å². The van der Waals surface area contributed by atoms with Gasteiger partial charge in [0, 0.05) is 6.04 Å². The van der Waals surface area contributed by atoms with Crippen molar-refractivity contribution in [2.75, 3.05) is 20.1 Å². The number of ether oxygens (including phenoxy) is 1. The fourth-order valence-electron chi connectivity index (χ4n) is 2.98. The summed E-state index contributed by atoms with van der Waals surface area (Å²) in [5.41, 5.74) is -0.560. The second kappa shape index (κ2) is 8.19. The molecular formula is C18H33N3O3. The summed E-state index contributed by atoms with van der Waals surface area (Å²) < 4.78 is 5.31. The van der Waals surface area contributed by atoms with E-state index in [0.29, 0.717) is 6.42 Å². The van der Waals surface area contributed by atoms with Crippen LogP contribution in [0.1, 0.15) is 59.3 Å². The van der Waals surface area contributed by atoms with Crippen molar-refractivity contribution < 1.29 is 14.3 Å². The lowest BCUT2D eigenvalue weighted by molar-refractivity contribution is -0.124. The summed E-state index contributed by atoms with van der Waals surface area (Å²) in [7, 11) is 2.10. The Labute approximate surface area is 145 Å². The third kappa shape index (κ3) is 7.07. The largest absolute Gasteiger partial charge is 0.444 e. The van der Waals surface area contributed by atoms with Crippen LogP contribution in [-0.2, 0) is 9.53 Å². The molecule has 2 N–H and O–H groups in total. The summed E-state index contributed by atoms with van der Waals surface area (Å²) in [6.07, 6.45) is 5.57. The molecule has 1 atom stereocenters. The van der Waals surface area contributed by atoms with E-state index in [2.05, 4.69) is 22.6 Å². The minimum Gasteiger partial charge on any atom is -0.444 e. The Kier molecular flexibility index (Phi) is 6.49. The van der Waals surface area contributed by atoms with Gasteiger partial charge in [0.1, 0.15) is 11.6 Å². The van der Waals surface area contributed by atoms with Crippen molar-refractivity contribution in [1.29, 1.82) is 0 Å². The average Bonchev–Trinajstić information content (AvgIpc) is 3.28. The molecule has 1 saturated heterocycles. The Balaban J connectivity index is 1.85. The first-order valence-corrected chi connectivity index (χ1v) is 9.21. The highest BCUT2D eigenvalue weighted by Crippen LogP contribution is 2.34. The van der Waals surface area contributed by atoms with Crippen LogP contribution in [0.2, 0.25) is 0 Å². The minimum atomic E-state index is -0.560. The fourth-order valence-corrected chi connectivity index (χ4v) is 2.98. The van der Waals surface area contributed by atoms with Gasteiger partial charge in [-0.1, -0.05) is 12.8 Å². The van der Waals surface area contributed by atoms with Gasteiger partial charge in [0.2, 0.25) is 5.91 Å². The monoisotopic (exact) mass is 339 g/mol. The maximum Gasteiger partial charge on any atom is 0.408 e. The Morgan fingerprint density at radius 3 is 2.33 bits per heavy atom. The number of nitrogens with one attached hydrogen (secondary N) is 2. The smallest absolute Gasteiger partial charge is 0.408 e. The van der Waals surface area contributed by atoms with Crippen LogP contribution in [0.5, 0.6) is 0 Å². The van der Waals surface area contributed by atoms with E-state index in [1.807, 2.05) is 20.8 Å². The quantitative estimate of drug-likeness (QED) is 0.779. The molecule has 1 aliphatic carbocycles. The Hall–Kier alpha value is -1.30. The van der Waals surface area contributed by atoms with Gasteiger partial charge < -0.3 is 20.3 Å². The molecule has 0 bridgehead atoms. The first-order valence-electron chi connectivity index (χ1n) is 9.21. The molecule has 1 saturated carbocycles. The Morgan fingerprint density at radius 2 is 1.79 bits per heavy atom. The average molecular weight is 339 g/mol. The zero-order valence-corrected chi connectivity index (χ0v) is 15.6. The zero-order chi connectivity index (χ0) is 17.7. The van der Waals surface area contributed by atoms with Crippen molar-refractivity contribution in [3.8, 4) is 0 Å². The van der Waals surface area contributed by atoms with Crippen LogP contribution in [0.3, 0.4) is 0 Å². The van der Waals surface area contributed by atoms with Crippen molar-refractivity contribution in [2.45, 2.75) is 77.0 Å². The lowest BCUT2D eigenvalue weighted by atomic mass is 10.0. The van der Waals surface area contributed by atoms with E-state index in [0.717, 1.165) is 38.3 Å². The van der Waals surface area contributed by atoms with Crippen LogP contribution in [0.25, 0.3) is 0 Å². The van der Waals surface area contributed by atoms with Crippen molar-refractivity contribution in [2.24, 2.45) is 5.92 Å². The number of likely N-dealkylation sites (tertiary alicyclic amines) is 1. The zero-order valence-electron chi connectivity index (χ0n) is 15.6. The minimum absolute atomic E-state index is 0.0731. The molecule has 0 aromatic heterocycles. The highest BCUT2D eigenvalue weighted by molar-refractivity contribution is 5.85. The van der Waals surface area contributed by atoms with Gasteiger partial charge >= 0.3 is 6.09 Å². The molecule has 1 aliphatic heterocycles. The van der Waals surface area contributed by atoms with Crippen LogP contribution in [0, 0.1) is 5.92 Å². The van der Waals surface area contributed by atoms with Gasteiger partial charge in [0.15, 0.2) is 0 Å². The topological polar surface area (TPSA) is 70.7 Å². The second-order valence-corrected chi connectivity index (χ2v) is 8.31. The molecule has 6 nitrogen and oxygen atoms in total. The van der Waals surface area contributed by atoms with Gasteiger partial charge in [-0.15, -0.1) is 0 Å². The number of alkyl carbamates (subject to hydrolysis) is 1. The Bertz CT molecular complexity index is 435. The summed E-state index contributed by atoms with van der Waals surface area (Å²) in [6.45, 7) is 7.47. The van der Waals surface area contributed by atoms with Gasteiger partial charge in [-0.2, -0.15) is 0 Å². The van der Waals surface area contributed by atoms with E-state index in [1.165, 1.54) is 12.8 Å². The highest BCUT2D eigenvalue weighted by atomic mass is 16.6. The second-order valence-electron chi connectivity index (χ2n) is 8.31. The summed E-state index contributed by atoms with van der Waals surface area (Å²) in [5, 5.41) is 5.89. The number of piperidine rings is 1. The molecule has 138 valence electrons. The normalized spacial score (nSPS) is 21.2. The molecule has 2 fully saturated rings. The first kappa shape index (κ1) is 19.0. The first-order chi connectivity index (χ1) is 11.2. The summed E-state index contributed by atoms with van der Waals surface area (Å²) in [5.74, 6) is 0.653. The standard InChI is InChI=1S/C18H33N3O3/c1-18(2,3)24-17(23)20-15(8-7-13-5-6-13)16(22)19-14-9-11-21(4)12-10-14/h13-15H,5-12H2,1-4H3,(H,19,22)(H,20,23)/t15-/m0/s1. The molecule has 2 aliphatic rings. The molecule has 0 aromatic carbocycles. The molecule has 0 radical (unpaired) electrons. The molecule has 0 unspecified atom stereocenters. The van der Waals surface area contributed by atoms with Crippen LogP contribution in [0.15, 0.2) is 0 Å². The third-order valence-electron chi connectivity index (χ3n) is 4.63. The highest BCUT2D eigenvalue weighted by Gasteiger charge is 2.29. The van der Waals surface area contributed by atoms with Crippen LogP contribution in [-0.4, -0.2) is 54.7 Å². The summed E-state index contributed by atoms with van der Waals surface area (Å²) >= 11 is 0. The predicted molar refractivity (Wildman–Crippen MR) is 93.8 cm³/mol. The van der Waals surface area contributed by atoms with Gasteiger partial charge in [-0.25, -0.2) is 4.79 Å². The molecule has 24 heavy (non-hydrogen) atoms. The molecule has 6 heteroatoms. The maximum absolute atomic E-state index is 12.6. The Morgan fingerprint density at radius 1 is 1.17 bits per heavy atom. The molecular weight excluding hydrogens is 306 g/mol. The van der Waals surface area contributed by atoms with E-state index in [1.54, 1.807) is 0 Å². The number of amides is 2. The van der Waals surface area contributed by atoms with Crippen LogP contribution >= 0.6 is 0 Å².